The van der Waals surface area contributed by atoms with Crippen molar-refractivity contribution in [3.8, 4) is 0 Å². The number of carbonyl (C=O) groups excluding carboxylic acids is 1. The van der Waals surface area contributed by atoms with E-state index in [1.54, 1.807) is 0 Å². The first-order valence-corrected chi connectivity index (χ1v) is 7.42. The summed E-state index contributed by atoms with van der Waals surface area (Å²) in [6, 6.07) is 0.413. The topological polar surface area (TPSA) is 44.4 Å². The number of carbonyl (C=O) groups is 1. The molecule has 2 fully saturated rings. The van der Waals surface area contributed by atoms with Crippen LogP contribution in [0.5, 0.6) is 0 Å². The lowest BCUT2D eigenvalue weighted by molar-refractivity contribution is -0.121. The first-order valence-electron chi connectivity index (χ1n) is 7.42. The molecule has 2 N–H and O–H groups in total. The molecule has 2 aliphatic rings. The Hall–Kier alpha value is -0.610. The summed E-state index contributed by atoms with van der Waals surface area (Å²) in [7, 11) is 2.17. The van der Waals surface area contributed by atoms with Crippen molar-refractivity contribution in [2.45, 2.75) is 44.6 Å². The number of piperidine rings is 1. The summed E-state index contributed by atoms with van der Waals surface area (Å²) in [4.78, 5) is 14.2. The minimum absolute atomic E-state index is 0.223. The van der Waals surface area contributed by atoms with Crippen LogP contribution in [0.25, 0.3) is 0 Å². The largest absolute Gasteiger partial charge is 0.356 e. The molecule has 104 valence electrons. The molecule has 0 spiro atoms. The molecule has 18 heavy (non-hydrogen) atoms. The molecule has 0 aliphatic carbocycles. The Balaban J connectivity index is 1.54. The summed E-state index contributed by atoms with van der Waals surface area (Å²) in [6.07, 6.45) is 6.75. The Morgan fingerprint density at radius 1 is 1.39 bits per heavy atom. The van der Waals surface area contributed by atoms with Gasteiger partial charge in [0.25, 0.3) is 0 Å². The summed E-state index contributed by atoms with van der Waals surface area (Å²) in [5, 5.41) is 6.49. The molecule has 0 radical (unpaired) electrons. The van der Waals surface area contributed by atoms with Crippen molar-refractivity contribution < 1.29 is 4.79 Å². The van der Waals surface area contributed by atoms with Crippen LogP contribution >= 0.6 is 0 Å². The van der Waals surface area contributed by atoms with Crippen molar-refractivity contribution in [1.29, 1.82) is 0 Å². The maximum atomic E-state index is 11.8. The minimum Gasteiger partial charge on any atom is -0.356 e. The van der Waals surface area contributed by atoms with Crippen LogP contribution in [0.1, 0.15) is 38.5 Å². The lowest BCUT2D eigenvalue weighted by Gasteiger charge is -2.22. The fraction of sp³-hybridized carbons (Fsp3) is 0.929. The third-order valence-corrected chi connectivity index (χ3v) is 4.21. The molecule has 0 aromatic rings. The van der Waals surface area contributed by atoms with Crippen LogP contribution < -0.4 is 10.6 Å². The van der Waals surface area contributed by atoms with Gasteiger partial charge in [0.1, 0.15) is 0 Å². The summed E-state index contributed by atoms with van der Waals surface area (Å²) < 4.78 is 0. The quantitative estimate of drug-likeness (QED) is 0.767. The van der Waals surface area contributed by atoms with E-state index in [4.69, 9.17) is 0 Å². The molecule has 2 saturated heterocycles. The van der Waals surface area contributed by atoms with Crippen LogP contribution in [0.3, 0.4) is 0 Å². The number of amides is 1. The highest BCUT2D eigenvalue weighted by Gasteiger charge is 2.20. The summed E-state index contributed by atoms with van der Waals surface area (Å²) in [5.41, 5.74) is 0. The van der Waals surface area contributed by atoms with Gasteiger partial charge in [0, 0.05) is 25.6 Å². The van der Waals surface area contributed by atoms with E-state index in [2.05, 4.69) is 22.6 Å². The van der Waals surface area contributed by atoms with Crippen LogP contribution in [0.2, 0.25) is 0 Å². The van der Waals surface area contributed by atoms with Crippen molar-refractivity contribution in [3.63, 3.8) is 0 Å². The molecule has 0 aromatic carbocycles. The molecule has 2 aliphatic heterocycles. The Bertz CT molecular complexity index is 264. The first kappa shape index (κ1) is 13.8. The maximum absolute atomic E-state index is 11.8. The van der Waals surface area contributed by atoms with Gasteiger partial charge < -0.3 is 15.5 Å². The molecular formula is C14H27N3O. The lowest BCUT2D eigenvalue weighted by atomic mass is 10.0. The Morgan fingerprint density at radius 2 is 2.28 bits per heavy atom. The van der Waals surface area contributed by atoms with E-state index >= 15 is 0 Å². The third kappa shape index (κ3) is 4.58. The lowest BCUT2D eigenvalue weighted by Crippen LogP contribution is -2.39. The fourth-order valence-corrected chi connectivity index (χ4v) is 3.07. The van der Waals surface area contributed by atoms with Crippen LogP contribution in [-0.2, 0) is 4.79 Å². The highest BCUT2D eigenvalue weighted by molar-refractivity contribution is 5.76. The van der Waals surface area contributed by atoms with Gasteiger partial charge in [-0.05, 0) is 51.7 Å². The normalized spacial score (nSPS) is 29.4. The second-order valence-electron chi connectivity index (χ2n) is 5.91. The maximum Gasteiger partial charge on any atom is 0.221 e. The molecule has 2 atom stereocenters. The molecule has 4 nitrogen and oxygen atoms in total. The molecule has 4 heteroatoms. The fourth-order valence-electron chi connectivity index (χ4n) is 3.07. The van der Waals surface area contributed by atoms with Gasteiger partial charge in [0.2, 0.25) is 5.91 Å². The number of hydrogen-bond acceptors (Lipinski definition) is 3. The standard InChI is InChI=1S/C14H27N3O/c1-17-9-6-12(11-17)5-8-16-14(18)10-13-4-2-3-7-15-13/h12-13,15H,2-11H2,1H3,(H,16,18). The molecule has 2 rings (SSSR count). The second-order valence-corrected chi connectivity index (χ2v) is 5.91. The monoisotopic (exact) mass is 253 g/mol. The number of likely N-dealkylation sites (tertiary alicyclic amines) is 1. The van der Waals surface area contributed by atoms with Gasteiger partial charge in [-0.15, -0.1) is 0 Å². The number of hydrogen-bond donors (Lipinski definition) is 2. The van der Waals surface area contributed by atoms with E-state index in [0.717, 1.165) is 31.8 Å². The molecule has 2 heterocycles. The van der Waals surface area contributed by atoms with Crippen molar-refractivity contribution >= 4 is 5.91 Å². The van der Waals surface area contributed by atoms with E-state index in [1.807, 2.05) is 0 Å². The SMILES string of the molecule is CN1CCC(CCNC(=O)CC2CCCCN2)C1. The number of nitrogens with zero attached hydrogens (tertiary/aromatic N) is 1. The zero-order valence-corrected chi connectivity index (χ0v) is 11.6. The highest BCUT2D eigenvalue weighted by Crippen LogP contribution is 2.17. The van der Waals surface area contributed by atoms with Crippen molar-refractivity contribution in [3.05, 3.63) is 0 Å². The Kier molecular flexibility index (Phi) is 5.45. The predicted molar refractivity (Wildman–Crippen MR) is 73.5 cm³/mol. The van der Waals surface area contributed by atoms with Crippen LogP contribution in [0, 0.1) is 5.92 Å². The summed E-state index contributed by atoms with van der Waals surface area (Å²) in [6.45, 7) is 4.33. The second kappa shape index (κ2) is 7.10. The average Bonchev–Trinajstić information content (AvgIpc) is 2.76. The molecule has 0 saturated carbocycles. The first-order chi connectivity index (χ1) is 8.74. The molecule has 0 bridgehead atoms. The van der Waals surface area contributed by atoms with E-state index in [-0.39, 0.29) is 5.91 Å². The zero-order valence-electron chi connectivity index (χ0n) is 11.6. The van der Waals surface area contributed by atoms with Gasteiger partial charge in [-0.3, -0.25) is 4.79 Å². The number of nitrogens with one attached hydrogen (secondary N) is 2. The highest BCUT2D eigenvalue weighted by atomic mass is 16.1. The van der Waals surface area contributed by atoms with Gasteiger partial charge in [0.15, 0.2) is 0 Å². The minimum atomic E-state index is 0.223. The average molecular weight is 253 g/mol. The zero-order chi connectivity index (χ0) is 12.8. The van der Waals surface area contributed by atoms with Crippen LogP contribution in [0.4, 0.5) is 0 Å². The van der Waals surface area contributed by atoms with Crippen LogP contribution in [-0.4, -0.2) is 50.1 Å². The van der Waals surface area contributed by atoms with Gasteiger partial charge in [-0.2, -0.15) is 0 Å². The van der Waals surface area contributed by atoms with Crippen LogP contribution in [0.15, 0.2) is 0 Å². The van der Waals surface area contributed by atoms with E-state index in [0.29, 0.717) is 12.5 Å². The van der Waals surface area contributed by atoms with Crippen molar-refractivity contribution in [1.82, 2.24) is 15.5 Å². The molecule has 0 aromatic heterocycles. The van der Waals surface area contributed by atoms with Gasteiger partial charge in [-0.1, -0.05) is 6.42 Å². The van der Waals surface area contributed by atoms with Gasteiger partial charge in [-0.25, -0.2) is 0 Å². The van der Waals surface area contributed by atoms with Crippen molar-refractivity contribution in [2.75, 3.05) is 33.2 Å². The third-order valence-electron chi connectivity index (χ3n) is 4.21. The van der Waals surface area contributed by atoms with Crippen molar-refractivity contribution in [2.24, 2.45) is 5.92 Å². The Labute approximate surface area is 110 Å². The Morgan fingerprint density at radius 3 is 2.94 bits per heavy atom. The summed E-state index contributed by atoms with van der Waals surface area (Å²) >= 11 is 0. The predicted octanol–water partition coefficient (Wildman–Crippen LogP) is 0.977. The van der Waals surface area contributed by atoms with E-state index < -0.39 is 0 Å². The molecule has 1 amide bonds. The van der Waals surface area contributed by atoms with E-state index in [1.165, 1.54) is 32.4 Å². The van der Waals surface area contributed by atoms with E-state index in [9.17, 15) is 4.79 Å². The van der Waals surface area contributed by atoms with Gasteiger partial charge in [0.05, 0.1) is 0 Å². The molecule has 2 unspecified atom stereocenters. The van der Waals surface area contributed by atoms with Gasteiger partial charge >= 0.3 is 0 Å². The summed E-state index contributed by atoms with van der Waals surface area (Å²) in [5.74, 6) is 1.00. The molecular weight excluding hydrogens is 226 g/mol. The smallest absolute Gasteiger partial charge is 0.221 e. The number of rotatable bonds is 5.